The molecule has 158 valence electrons. The summed E-state index contributed by atoms with van der Waals surface area (Å²) in [6.07, 6.45) is 0.553. The minimum absolute atomic E-state index is 0.229. The topological polar surface area (TPSA) is 58.6 Å². The fourth-order valence-electron chi connectivity index (χ4n) is 3.23. The number of rotatable bonds is 6. The standard InChI is InChI=1S/C18H17F5N2O3S/c1-28-12-5-3-2-4-11(12)25-7-6-10(9-25)8-24-29(26,27)18-16(22)14(20)13(19)15(21)17(18)23/h2-5,10,24H,6-9H2,1H3/t10-/m1/s1. The Morgan fingerprint density at radius 3 is 2.24 bits per heavy atom. The van der Waals surface area contributed by atoms with Crippen LogP contribution in [0.15, 0.2) is 29.2 Å². The van der Waals surface area contributed by atoms with E-state index in [1.165, 1.54) is 7.11 Å². The number of hydrogen-bond donors (Lipinski definition) is 1. The molecular formula is C18H17F5N2O3S. The highest BCUT2D eigenvalue weighted by molar-refractivity contribution is 7.89. The van der Waals surface area contributed by atoms with Crippen LogP contribution in [0.5, 0.6) is 5.75 Å². The van der Waals surface area contributed by atoms with Gasteiger partial charge in [-0.05, 0) is 24.5 Å². The van der Waals surface area contributed by atoms with Crippen LogP contribution in [-0.4, -0.2) is 35.2 Å². The van der Waals surface area contributed by atoms with E-state index in [2.05, 4.69) is 0 Å². The third-order valence-corrected chi connectivity index (χ3v) is 6.15. The van der Waals surface area contributed by atoms with Crippen molar-refractivity contribution in [3.8, 4) is 5.75 Å². The van der Waals surface area contributed by atoms with E-state index in [9.17, 15) is 30.4 Å². The van der Waals surface area contributed by atoms with Gasteiger partial charge in [0.25, 0.3) is 0 Å². The Morgan fingerprint density at radius 1 is 1.03 bits per heavy atom. The largest absolute Gasteiger partial charge is 0.495 e. The SMILES string of the molecule is COc1ccccc1N1CC[C@H](CNS(=O)(=O)c2c(F)c(F)c(F)c(F)c2F)C1. The second-order valence-electron chi connectivity index (χ2n) is 6.52. The Balaban J connectivity index is 1.74. The minimum Gasteiger partial charge on any atom is -0.495 e. The van der Waals surface area contributed by atoms with Crippen molar-refractivity contribution in [2.45, 2.75) is 11.3 Å². The van der Waals surface area contributed by atoms with Crippen molar-refractivity contribution < 1.29 is 35.1 Å². The van der Waals surface area contributed by atoms with Gasteiger partial charge < -0.3 is 9.64 Å². The number of ether oxygens (including phenoxy) is 1. The van der Waals surface area contributed by atoms with E-state index in [0.717, 1.165) is 5.69 Å². The highest BCUT2D eigenvalue weighted by atomic mass is 32.2. The molecule has 11 heteroatoms. The van der Waals surface area contributed by atoms with E-state index in [4.69, 9.17) is 4.74 Å². The summed E-state index contributed by atoms with van der Waals surface area (Å²) in [6, 6.07) is 7.22. The molecule has 0 spiro atoms. The third kappa shape index (κ3) is 4.01. The Morgan fingerprint density at radius 2 is 1.62 bits per heavy atom. The normalized spacial score (nSPS) is 17.0. The molecule has 1 saturated heterocycles. The average molecular weight is 436 g/mol. The summed E-state index contributed by atoms with van der Waals surface area (Å²) in [7, 11) is -3.44. The molecule has 1 heterocycles. The predicted molar refractivity (Wildman–Crippen MR) is 94.7 cm³/mol. The van der Waals surface area contributed by atoms with Crippen molar-refractivity contribution in [2.24, 2.45) is 5.92 Å². The van der Waals surface area contributed by atoms with Gasteiger partial charge in [-0.25, -0.2) is 35.1 Å². The monoisotopic (exact) mass is 436 g/mol. The lowest BCUT2D eigenvalue weighted by atomic mass is 10.1. The number of nitrogens with one attached hydrogen (secondary N) is 1. The van der Waals surface area contributed by atoms with Crippen molar-refractivity contribution in [2.75, 3.05) is 31.6 Å². The van der Waals surface area contributed by atoms with Crippen LogP contribution in [0.1, 0.15) is 6.42 Å². The zero-order chi connectivity index (χ0) is 21.3. The number of para-hydroxylation sites is 2. The molecule has 0 aromatic heterocycles. The van der Waals surface area contributed by atoms with E-state index in [1.54, 1.807) is 12.1 Å². The van der Waals surface area contributed by atoms with E-state index < -0.39 is 44.0 Å². The summed E-state index contributed by atoms with van der Waals surface area (Å²) in [4.78, 5) is 0.0735. The first kappa shape index (κ1) is 21.3. The molecule has 1 atom stereocenters. The molecule has 0 saturated carbocycles. The smallest absolute Gasteiger partial charge is 0.246 e. The fourth-order valence-corrected chi connectivity index (χ4v) is 4.48. The number of halogens is 5. The van der Waals surface area contributed by atoms with Crippen molar-refractivity contribution in [3.05, 3.63) is 53.4 Å². The number of anilines is 1. The van der Waals surface area contributed by atoms with Gasteiger partial charge >= 0.3 is 0 Å². The first-order chi connectivity index (χ1) is 13.7. The number of sulfonamides is 1. The Hall–Kier alpha value is -2.40. The van der Waals surface area contributed by atoms with Crippen molar-refractivity contribution in [1.82, 2.24) is 4.72 Å². The van der Waals surface area contributed by atoms with Gasteiger partial charge in [0.2, 0.25) is 15.8 Å². The summed E-state index contributed by atoms with van der Waals surface area (Å²) >= 11 is 0. The quantitative estimate of drug-likeness (QED) is 0.429. The second kappa shape index (κ2) is 8.15. The van der Waals surface area contributed by atoms with Crippen molar-refractivity contribution >= 4 is 15.7 Å². The highest BCUT2D eigenvalue weighted by Gasteiger charge is 2.34. The predicted octanol–water partition coefficient (Wildman–Crippen LogP) is 3.20. The molecule has 0 aliphatic carbocycles. The molecule has 3 rings (SSSR count). The van der Waals surface area contributed by atoms with Gasteiger partial charge in [-0.1, -0.05) is 12.1 Å². The summed E-state index contributed by atoms with van der Waals surface area (Å²) in [6.45, 7) is 0.767. The van der Waals surface area contributed by atoms with E-state index in [-0.39, 0.29) is 12.5 Å². The van der Waals surface area contributed by atoms with Gasteiger partial charge in [0.05, 0.1) is 12.8 Å². The van der Waals surface area contributed by atoms with Crippen LogP contribution in [0.25, 0.3) is 0 Å². The second-order valence-corrected chi connectivity index (χ2v) is 8.23. The molecule has 0 unspecified atom stereocenters. The van der Waals surface area contributed by atoms with Crippen LogP contribution >= 0.6 is 0 Å². The number of hydrogen-bond acceptors (Lipinski definition) is 4. The van der Waals surface area contributed by atoms with Crippen LogP contribution in [0.4, 0.5) is 27.6 Å². The first-order valence-corrected chi connectivity index (χ1v) is 10.0. The molecule has 1 N–H and O–H groups in total. The first-order valence-electron chi connectivity index (χ1n) is 8.56. The van der Waals surface area contributed by atoms with Crippen LogP contribution in [-0.2, 0) is 10.0 Å². The molecule has 29 heavy (non-hydrogen) atoms. The molecule has 0 radical (unpaired) electrons. The zero-order valence-electron chi connectivity index (χ0n) is 15.2. The number of methoxy groups -OCH3 is 1. The maximum absolute atomic E-state index is 13.8. The highest BCUT2D eigenvalue weighted by Crippen LogP contribution is 2.32. The number of benzene rings is 2. The van der Waals surface area contributed by atoms with E-state index in [0.29, 0.717) is 25.3 Å². The Labute approximate surface area is 164 Å². The van der Waals surface area contributed by atoms with Crippen molar-refractivity contribution in [3.63, 3.8) is 0 Å². The lowest BCUT2D eigenvalue weighted by Crippen LogP contribution is -2.32. The Kier molecular flexibility index (Phi) is 5.99. The van der Waals surface area contributed by atoms with Gasteiger partial charge in [0.15, 0.2) is 28.2 Å². The van der Waals surface area contributed by atoms with Crippen LogP contribution in [0.2, 0.25) is 0 Å². The molecule has 5 nitrogen and oxygen atoms in total. The molecule has 1 fully saturated rings. The lowest BCUT2D eigenvalue weighted by Gasteiger charge is -2.21. The molecule has 1 aliphatic heterocycles. The summed E-state index contributed by atoms with van der Waals surface area (Å²) in [5, 5.41) is 0. The minimum atomic E-state index is -4.96. The van der Waals surface area contributed by atoms with Crippen molar-refractivity contribution in [1.29, 1.82) is 0 Å². The van der Waals surface area contributed by atoms with Gasteiger partial charge in [0, 0.05) is 19.6 Å². The third-order valence-electron chi connectivity index (χ3n) is 4.71. The van der Waals surface area contributed by atoms with Gasteiger partial charge in [-0.3, -0.25) is 0 Å². The summed E-state index contributed by atoms with van der Waals surface area (Å²) in [5.41, 5.74) is 0.806. The maximum atomic E-state index is 13.8. The fraction of sp³-hybridized carbons (Fsp3) is 0.333. The maximum Gasteiger partial charge on any atom is 0.246 e. The molecular weight excluding hydrogens is 419 g/mol. The van der Waals surface area contributed by atoms with E-state index >= 15 is 0 Å². The lowest BCUT2D eigenvalue weighted by molar-refractivity contribution is 0.357. The summed E-state index contributed by atoms with van der Waals surface area (Å²) < 4.78 is 99.0. The number of nitrogens with zero attached hydrogens (tertiary/aromatic N) is 1. The molecule has 2 aromatic carbocycles. The van der Waals surface area contributed by atoms with Crippen LogP contribution in [0, 0.1) is 35.0 Å². The Bertz CT molecular complexity index is 1000. The van der Waals surface area contributed by atoms with E-state index in [1.807, 2.05) is 21.8 Å². The van der Waals surface area contributed by atoms with Crippen LogP contribution < -0.4 is 14.4 Å². The van der Waals surface area contributed by atoms with Gasteiger partial charge in [-0.2, -0.15) is 0 Å². The molecule has 0 bridgehead atoms. The van der Waals surface area contributed by atoms with Gasteiger partial charge in [-0.15, -0.1) is 0 Å². The average Bonchev–Trinajstić information content (AvgIpc) is 3.18. The van der Waals surface area contributed by atoms with Gasteiger partial charge in [0.1, 0.15) is 5.75 Å². The zero-order valence-corrected chi connectivity index (χ0v) is 16.0. The molecule has 2 aromatic rings. The molecule has 1 aliphatic rings. The summed E-state index contributed by atoms with van der Waals surface area (Å²) in [5.74, 6) is -11.4. The molecule has 0 amide bonds. The van der Waals surface area contributed by atoms with Crippen LogP contribution in [0.3, 0.4) is 0 Å².